The van der Waals surface area contributed by atoms with Gasteiger partial charge < -0.3 is 20.3 Å². The number of rotatable bonds is 8. The SMILES string of the molecule is CC(C)OCCCNC(=O)C(C)NC(=O)C1N2C(=O)c3ccccc3C2SC1(C)C. The first-order valence-corrected chi connectivity index (χ1v) is 11.3. The second-order valence-corrected chi connectivity index (χ2v) is 10.3. The van der Waals surface area contributed by atoms with E-state index in [0.29, 0.717) is 25.1 Å². The van der Waals surface area contributed by atoms with E-state index in [1.165, 1.54) is 0 Å². The highest BCUT2D eigenvalue weighted by Crippen LogP contribution is 2.56. The fourth-order valence-corrected chi connectivity index (χ4v) is 5.51. The van der Waals surface area contributed by atoms with Crippen molar-refractivity contribution in [1.82, 2.24) is 15.5 Å². The van der Waals surface area contributed by atoms with Crippen molar-refractivity contribution in [2.75, 3.05) is 13.2 Å². The molecule has 8 heteroatoms. The molecule has 1 aromatic rings. The second-order valence-electron chi connectivity index (χ2n) is 8.57. The van der Waals surface area contributed by atoms with Crippen LogP contribution in [0.2, 0.25) is 0 Å². The smallest absolute Gasteiger partial charge is 0.256 e. The van der Waals surface area contributed by atoms with Crippen LogP contribution in [0.1, 0.15) is 62.3 Å². The predicted octanol–water partition coefficient (Wildman–Crippen LogP) is 2.47. The summed E-state index contributed by atoms with van der Waals surface area (Å²) in [5, 5.41) is 5.45. The number of hydrogen-bond donors (Lipinski definition) is 2. The van der Waals surface area contributed by atoms with Crippen molar-refractivity contribution in [3.8, 4) is 0 Å². The summed E-state index contributed by atoms with van der Waals surface area (Å²) >= 11 is 1.61. The number of fused-ring (bicyclic) bond motifs is 3. The van der Waals surface area contributed by atoms with E-state index >= 15 is 0 Å². The fraction of sp³-hybridized carbons (Fsp3) is 0.591. The zero-order valence-corrected chi connectivity index (χ0v) is 19.0. The van der Waals surface area contributed by atoms with Crippen LogP contribution >= 0.6 is 11.8 Å². The van der Waals surface area contributed by atoms with Gasteiger partial charge in [0.05, 0.1) is 6.10 Å². The summed E-state index contributed by atoms with van der Waals surface area (Å²) < 4.78 is 4.99. The molecule has 30 heavy (non-hydrogen) atoms. The summed E-state index contributed by atoms with van der Waals surface area (Å²) in [5.74, 6) is -0.679. The van der Waals surface area contributed by atoms with Crippen LogP contribution in [0.15, 0.2) is 24.3 Å². The molecule has 0 radical (unpaired) electrons. The number of carbonyl (C=O) groups is 3. The molecule has 0 bridgehead atoms. The van der Waals surface area contributed by atoms with Gasteiger partial charge in [-0.3, -0.25) is 14.4 Å². The molecule has 0 saturated carbocycles. The molecule has 1 fully saturated rings. The number of benzene rings is 1. The Morgan fingerprint density at radius 3 is 2.63 bits per heavy atom. The summed E-state index contributed by atoms with van der Waals surface area (Å²) in [5.41, 5.74) is 1.60. The normalized spacial score (nSPS) is 22.6. The third kappa shape index (κ3) is 4.49. The number of carbonyl (C=O) groups excluding carboxylic acids is 3. The first kappa shape index (κ1) is 22.6. The van der Waals surface area contributed by atoms with E-state index in [1.54, 1.807) is 29.7 Å². The summed E-state index contributed by atoms with van der Waals surface area (Å²) in [4.78, 5) is 40.2. The Morgan fingerprint density at radius 2 is 1.93 bits per heavy atom. The minimum atomic E-state index is -0.691. The number of nitrogens with zero attached hydrogens (tertiary/aromatic N) is 1. The number of thioether (sulfide) groups is 1. The molecule has 3 atom stereocenters. The van der Waals surface area contributed by atoms with Crippen molar-refractivity contribution in [2.24, 2.45) is 0 Å². The molecule has 1 saturated heterocycles. The molecule has 2 aliphatic rings. The summed E-state index contributed by atoms with van der Waals surface area (Å²) in [6.07, 6.45) is 0.869. The Labute approximate surface area is 182 Å². The Bertz CT molecular complexity index is 826. The van der Waals surface area contributed by atoms with E-state index < -0.39 is 16.8 Å². The maximum Gasteiger partial charge on any atom is 0.256 e. The van der Waals surface area contributed by atoms with Crippen molar-refractivity contribution in [3.05, 3.63) is 35.4 Å². The molecule has 2 N–H and O–H groups in total. The zero-order chi connectivity index (χ0) is 22.1. The van der Waals surface area contributed by atoms with Crippen LogP contribution in [0.25, 0.3) is 0 Å². The topological polar surface area (TPSA) is 87.7 Å². The van der Waals surface area contributed by atoms with Gasteiger partial charge in [0.1, 0.15) is 17.5 Å². The number of nitrogens with one attached hydrogen (secondary N) is 2. The minimum absolute atomic E-state index is 0.129. The highest BCUT2D eigenvalue weighted by molar-refractivity contribution is 8.01. The van der Waals surface area contributed by atoms with Gasteiger partial charge >= 0.3 is 0 Å². The lowest BCUT2D eigenvalue weighted by Crippen LogP contribution is -2.56. The van der Waals surface area contributed by atoms with E-state index in [9.17, 15) is 14.4 Å². The first-order chi connectivity index (χ1) is 14.1. The summed E-state index contributed by atoms with van der Waals surface area (Å²) in [7, 11) is 0. The lowest BCUT2D eigenvalue weighted by molar-refractivity contribution is -0.131. The zero-order valence-electron chi connectivity index (χ0n) is 18.2. The van der Waals surface area contributed by atoms with Crippen LogP contribution in [0.4, 0.5) is 0 Å². The van der Waals surface area contributed by atoms with Crippen LogP contribution in [0.3, 0.4) is 0 Å². The van der Waals surface area contributed by atoms with Gasteiger partial charge in [-0.15, -0.1) is 11.8 Å². The van der Waals surface area contributed by atoms with Crippen molar-refractivity contribution < 1.29 is 19.1 Å². The van der Waals surface area contributed by atoms with E-state index in [-0.39, 0.29) is 29.2 Å². The monoisotopic (exact) mass is 433 g/mol. The minimum Gasteiger partial charge on any atom is -0.379 e. The lowest BCUT2D eigenvalue weighted by Gasteiger charge is -2.30. The van der Waals surface area contributed by atoms with Gasteiger partial charge in [-0.1, -0.05) is 18.2 Å². The standard InChI is InChI=1S/C22H31N3O4S/c1-13(2)29-12-8-11-23-18(26)14(3)24-19(27)17-22(4,5)30-21-16-10-7-6-9-15(16)20(28)25(17)21/h6-7,9-10,13-14,17,21H,8,11-12H2,1-5H3,(H,23,26)(H,24,27). The Morgan fingerprint density at radius 1 is 1.23 bits per heavy atom. The average molecular weight is 434 g/mol. The average Bonchev–Trinajstić information content (AvgIpc) is 3.10. The van der Waals surface area contributed by atoms with Crippen LogP contribution < -0.4 is 10.6 Å². The van der Waals surface area contributed by atoms with E-state index in [1.807, 2.05) is 45.9 Å². The highest BCUT2D eigenvalue weighted by Gasteiger charge is 2.57. The number of hydrogen-bond acceptors (Lipinski definition) is 5. The molecule has 3 amide bonds. The Balaban J connectivity index is 1.61. The van der Waals surface area contributed by atoms with Crippen molar-refractivity contribution in [2.45, 2.75) is 69.3 Å². The van der Waals surface area contributed by atoms with Gasteiger partial charge in [0.2, 0.25) is 11.8 Å². The molecule has 164 valence electrons. The predicted molar refractivity (Wildman–Crippen MR) is 117 cm³/mol. The van der Waals surface area contributed by atoms with Gasteiger partial charge in [0.25, 0.3) is 5.91 Å². The van der Waals surface area contributed by atoms with Gasteiger partial charge in [0.15, 0.2) is 0 Å². The molecule has 2 heterocycles. The van der Waals surface area contributed by atoms with E-state index in [4.69, 9.17) is 4.74 Å². The first-order valence-electron chi connectivity index (χ1n) is 10.4. The largest absolute Gasteiger partial charge is 0.379 e. The number of ether oxygens (including phenoxy) is 1. The van der Waals surface area contributed by atoms with Crippen LogP contribution in [-0.4, -0.2) is 58.7 Å². The van der Waals surface area contributed by atoms with Gasteiger partial charge in [0, 0.05) is 23.5 Å². The van der Waals surface area contributed by atoms with E-state index in [0.717, 1.165) is 5.56 Å². The molecule has 0 aliphatic carbocycles. The molecule has 7 nitrogen and oxygen atoms in total. The van der Waals surface area contributed by atoms with Crippen LogP contribution in [0.5, 0.6) is 0 Å². The molecule has 3 rings (SSSR count). The van der Waals surface area contributed by atoms with Crippen molar-refractivity contribution in [3.63, 3.8) is 0 Å². The maximum absolute atomic E-state index is 13.1. The third-order valence-electron chi connectivity index (χ3n) is 5.37. The summed E-state index contributed by atoms with van der Waals surface area (Å²) in [6, 6.07) is 6.15. The number of amides is 3. The second kappa shape index (κ2) is 8.98. The molecule has 1 aromatic carbocycles. The summed E-state index contributed by atoms with van der Waals surface area (Å²) in [6.45, 7) is 10.6. The van der Waals surface area contributed by atoms with Gasteiger partial charge in [-0.25, -0.2) is 0 Å². The molecule has 0 aromatic heterocycles. The van der Waals surface area contributed by atoms with Crippen molar-refractivity contribution >= 4 is 29.5 Å². The van der Waals surface area contributed by atoms with Crippen LogP contribution in [0, 0.1) is 0 Å². The van der Waals surface area contributed by atoms with Gasteiger partial charge in [-0.2, -0.15) is 0 Å². The lowest BCUT2D eigenvalue weighted by atomic mass is 10.0. The van der Waals surface area contributed by atoms with Crippen molar-refractivity contribution in [1.29, 1.82) is 0 Å². The maximum atomic E-state index is 13.1. The molecule has 0 spiro atoms. The Hall–Kier alpha value is -2.06. The van der Waals surface area contributed by atoms with E-state index in [2.05, 4.69) is 10.6 Å². The molecule has 2 aliphatic heterocycles. The Kier molecular flexibility index (Phi) is 6.77. The highest BCUT2D eigenvalue weighted by atomic mass is 32.2. The molecular weight excluding hydrogens is 402 g/mol. The van der Waals surface area contributed by atoms with Crippen LogP contribution in [-0.2, 0) is 14.3 Å². The molecular formula is C22H31N3O4S. The fourth-order valence-electron chi connectivity index (χ4n) is 3.92. The third-order valence-corrected chi connectivity index (χ3v) is 6.90. The van der Waals surface area contributed by atoms with Gasteiger partial charge in [-0.05, 0) is 52.7 Å². The quantitative estimate of drug-likeness (QED) is 0.615. The molecule has 3 unspecified atom stereocenters.